The molecule has 3 aliphatic carbocycles. The van der Waals surface area contributed by atoms with Crippen LogP contribution in [0.25, 0.3) is 0 Å². The van der Waals surface area contributed by atoms with Crippen molar-refractivity contribution in [3.63, 3.8) is 0 Å². The first-order valence-corrected chi connectivity index (χ1v) is 12.3. The lowest BCUT2D eigenvalue weighted by Crippen LogP contribution is -2.52. The summed E-state index contributed by atoms with van der Waals surface area (Å²) in [5, 5.41) is 0. The van der Waals surface area contributed by atoms with E-state index in [1.165, 1.54) is 36.7 Å². The molecule has 6 rings (SSSR count). The van der Waals surface area contributed by atoms with E-state index in [1.807, 2.05) is 0 Å². The van der Waals surface area contributed by atoms with Gasteiger partial charge in [0.15, 0.2) is 11.5 Å². The molecule has 2 aromatic rings. The van der Waals surface area contributed by atoms with Crippen molar-refractivity contribution in [2.75, 3.05) is 7.11 Å². The summed E-state index contributed by atoms with van der Waals surface area (Å²) < 4.78 is 11.1. The fraction of sp³-hybridized carbons (Fsp3) is 0.577. The minimum Gasteiger partial charge on any atom is -0.447 e. The summed E-state index contributed by atoms with van der Waals surface area (Å²) in [4.78, 5) is 25.1. The molecule has 1 atom stereocenters. The number of fused-ring (bicyclic) bond motifs is 3. The van der Waals surface area contributed by atoms with Crippen molar-refractivity contribution in [3.05, 3.63) is 53.2 Å². The van der Waals surface area contributed by atoms with Crippen LogP contribution in [0.15, 0.2) is 40.1 Å². The number of carbonyl (C=O) groups excluding carboxylic acids is 1. The van der Waals surface area contributed by atoms with Crippen LogP contribution in [-0.4, -0.2) is 35.0 Å². The van der Waals surface area contributed by atoms with Crippen LogP contribution in [0.3, 0.4) is 0 Å². The number of hydrogen-bond donors (Lipinski definition) is 1. The number of benzene rings is 1. The lowest BCUT2D eigenvalue weighted by atomic mass is 9.61. The predicted molar refractivity (Wildman–Crippen MR) is 123 cm³/mol. The SMILES string of the molecule is COC1CCC2(CC1)Cc1ccc(CCC3CC3)cc1C21N=C(N)N(Cc2ncco2)C1=O. The van der Waals surface area contributed by atoms with E-state index in [-0.39, 0.29) is 29.9 Å². The molecule has 174 valence electrons. The Hall–Kier alpha value is -2.67. The standard InChI is InChI=1S/C26H32N4O3/c1-32-20-8-10-25(11-9-20)15-19-7-6-18(5-4-17-2-3-17)14-21(19)26(25)23(31)30(24(27)29-26)16-22-28-12-13-33-22/h6-7,12-14,17,20H,2-5,8-11,15-16H2,1H3,(H2,27,29). The quantitative estimate of drug-likeness (QED) is 0.727. The maximum Gasteiger partial charge on any atom is 0.263 e. The van der Waals surface area contributed by atoms with Crippen LogP contribution >= 0.6 is 0 Å². The van der Waals surface area contributed by atoms with E-state index in [4.69, 9.17) is 19.9 Å². The third kappa shape index (κ3) is 3.23. The molecule has 1 amide bonds. The van der Waals surface area contributed by atoms with Gasteiger partial charge in [0.2, 0.25) is 5.89 Å². The molecule has 7 heteroatoms. The molecule has 0 radical (unpaired) electrons. The van der Waals surface area contributed by atoms with Gasteiger partial charge < -0.3 is 14.9 Å². The molecular weight excluding hydrogens is 416 g/mol. The number of amides is 1. The Bertz CT molecular complexity index is 1080. The highest BCUT2D eigenvalue weighted by Gasteiger charge is 2.66. The van der Waals surface area contributed by atoms with Crippen molar-refractivity contribution in [2.45, 2.75) is 76.0 Å². The molecule has 1 aliphatic heterocycles. The van der Waals surface area contributed by atoms with Gasteiger partial charge in [0, 0.05) is 12.5 Å². The number of nitrogens with two attached hydrogens (primary N) is 1. The number of methoxy groups -OCH3 is 1. The van der Waals surface area contributed by atoms with Gasteiger partial charge in [0.25, 0.3) is 5.91 Å². The van der Waals surface area contributed by atoms with Gasteiger partial charge in [-0.3, -0.25) is 9.69 Å². The molecule has 1 unspecified atom stereocenters. The van der Waals surface area contributed by atoms with Gasteiger partial charge in [-0.05, 0) is 67.6 Å². The Morgan fingerprint density at radius 3 is 2.76 bits per heavy atom. The minimum atomic E-state index is -0.965. The first-order chi connectivity index (χ1) is 16.0. The Kier molecular flexibility index (Phi) is 4.87. The van der Waals surface area contributed by atoms with Crippen LogP contribution in [0.4, 0.5) is 0 Å². The number of guanidine groups is 1. The number of hydrogen-bond acceptors (Lipinski definition) is 6. The van der Waals surface area contributed by atoms with Crippen molar-refractivity contribution in [1.29, 1.82) is 0 Å². The molecule has 2 N–H and O–H groups in total. The molecule has 0 saturated heterocycles. The smallest absolute Gasteiger partial charge is 0.263 e. The van der Waals surface area contributed by atoms with E-state index >= 15 is 0 Å². The van der Waals surface area contributed by atoms with Crippen LogP contribution in [0.1, 0.15) is 67.5 Å². The average molecular weight is 449 g/mol. The lowest BCUT2D eigenvalue weighted by Gasteiger charge is -2.45. The Morgan fingerprint density at radius 2 is 2.06 bits per heavy atom. The van der Waals surface area contributed by atoms with Crippen LogP contribution in [0, 0.1) is 11.3 Å². The molecule has 33 heavy (non-hydrogen) atoms. The number of carbonyl (C=O) groups is 1. The number of rotatable bonds is 6. The summed E-state index contributed by atoms with van der Waals surface area (Å²) in [5.74, 6) is 1.57. The molecule has 2 spiro atoms. The van der Waals surface area contributed by atoms with Gasteiger partial charge >= 0.3 is 0 Å². The van der Waals surface area contributed by atoms with Crippen LogP contribution < -0.4 is 5.73 Å². The monoisotopic (exact) mass is 448 g/mol. The fourth-order valence-electron chi connectivity index (χ4n) is 6.46. The fourth-order valence-corrected chi connectivity index (χ4v) is 6.46. The van der Waals surface area contributed by atoms with Crippen LogP contribution in [-0.2, 0) is 34.5 Å². The largest absolute Gasteiger partial charge is 0.447 e. The highest BCUT2D eigenvalue weighted by Crippen LogP contribution is 2.62. The van der Waals surface area contributed by atoms with Gasteiger partial charge in [0.1, 0.15) is 12.8 Å². The Labute approximate surface area is 194 Å². The second kappa shape index (κ2) is 7.69. The molecule has 0 bridgehead atoms. The summed E-state index contributed by atoms with van der Waals surface area (Å²) in [6, 6.07) is 6.76. The van der Waals surface area contributed by atoms with Crippen molar-refractivity contribution in [1.82, 2.24) is 9.88 Å². The summed E-state index contributed by atoms with van der Waals surface area (Å²) in [6.45, 7) is 0.205. The van der Waals surface area contributed by atoms with Crippen molar-refractivity contribution < 1.29 is 13.9 Å². The Balaban J connectivity index is 1.41. The highest BCUT2D eigenvalue weighted by molar-refractivity contribution is 6.08. The van der Waals surface area contributed by atoms with E-state index < -0.39 is 5.54 Å². The second-order valence-electron chi connectivity index (χ2n) is 10.4. The predicted octanol–water partition coefficient (Wildman–Crippen LogP) is 3.70. The highest BCUT2D eigenvalue weighted by atomic mass is 16.5. The maximum atomic E-state index is 14.3. The van der Waals surface area contributed by atoms with E-state index in [9.17, 15) is 4.79 Å². The normalized spacial score (nSPS) is 30.9. The number of aromatic nitrogens is 1. The molecular formula is C26H32N4O3. The molecule has 2 saturated carbocycles. The van der Waals surface area contributed by atoms with Gasteiger partial charge in [-0.1, -0.05) is 31.0 Å². The van der Waals surface area contributed by atoms with Crippen molar-refractivity contribution in [2.24, 2.45) is 22.1 Å². The molecule has 1 aromatic carbocycles. The summed E-state index contributed by atoms with van der Waals surface area (Å²) in [6.07, 6.45) is 12.9. The number of aliphatic imine (C=N–C) groups is 1. The summed E-state index contributed by atoms with van der Waals surface area (Å²) >= 11 is 0. The molecule has 4 aliphatic rings. The first kappa shape index (κ1) is 20.9. The number of ether oxygens (including phenoxy) is 1. The van der Waals surface area contributed by atoms with Crippen molar-refractivity contribution in [3.8, 4) is 0 Å². The third-order valence-electron chi connectivity index (χ3n) is 8.51. The minimum absolute atomic E-state index is 0.0350. The first-order valence-electron chi connectivity index (χ1n) is 12.3. The number of nitrogens with zero attached hydrogens (tertiary/aromatic N) is 3. The van der Waals surface area contributed by atoms with Gasteiger partial charge in [-0.15, -0.1) is 0 Å². The summed E-state index contributed by atoms with van der Waals surface area (Å²) in [7, 11) is 1.78. The maximum absolute atomic E-state index is 14.3. The van der Waals surface area contributed by atoms with Gasteiger partial charge in [-0.25, -0.2) is 9.98 Å². The zero-order valence-electron chi connectivity index (χ0n) is 19.3. The van der Waals surface area contributed by atoms with Crippen LogP contribution in [0.2, 0.25) is 0 Å². The number of oxazole rings is 1. The van der Waals surface area contributed by atoms with Gasteiger partial charge in [0.05, 0.1) is 12.3 Å². The van der Waals surface area contributed by atoms with E-state index in [0.29, 0.717) is 5.89 Å². The van der Waals surface area contributed by atoms with Gasteiger partial charge in [-0.2, -0.15) is 0 Å². The Morgan fingerprint density at radius 1 is 1.24 bits per heavy atom. The van der Waals surface area contributed by atoms with Crippen LogP contribution in [0.5, 0.6) is 0 Å². The van der Waals surface area contributed by atoms with Crippen molar-refractivity contribution >= 4 is 11.9 Å². The molecule has 2 heterocycles. The average Bonchev–Trinajstić information content (AvgIpc) is 3.36. The third-order valence-corrected chi connectivity index (χ3v) is 8.51. The zero-order chi connectivity index (χ0) is 22.6. The molecule has 7 nitrogen and oxygen atoms in total. The zero-order valence-corrected chi connectivity index (χ0v) is 19.3. The number of aryl methyl sites for hydroxylation is 1. The molecule has 2 fully saturated rings. The molecule has 1 aromatic heterocycles. The summed E-state index contributed by atoms with van der Waals surface area (Å²) in [5.41, 5.74) is 8.82. The van der Waals surface area contributed by atoms with E-state index in [2.05, 4.69) is 23.2 Å². The topological polar surface area (TPSA) is 93.9 Å². The van der Waals surface area contributed by atoms with E-state index in [0.717, 1.165) is 50.0 Å². The lowest BCUT2D eigenvalue weighted by molar-refractivity contribution is -0.138. The second-order valence-corrected chi connectivity index (χ2v) is 10.4. The van der Waals surface area contributed by atoms with E-state index in [1.54, 1.807) is 18.2 Å².